The number of nitrogens with zero attached hydrogens (tertiary/aromatic N) is 1. The zero-order chi connectivity index (χ0) is 15.3. The van der Waals surface area contributed by atoms with Gasteiger partial charge in [-0.15, -0.1) is 0 Å². The molecule has 1 fully saturated rings. The number of rotatable bonds is 6. The minimum absolute atomic E-state index is 0.290. The topological polar surface area (TPSA) is 59.0 Å². The van der Waals surface area contributed by atoms with Crippen molar-refractivity contribution in [2.45, 2.75) is 19.4 Å². The normalized spacial score (nSPS) is 22.2. The van der Waals surface area contributed by atoms with Gasteiger partial charge in [-0.3, -0.25) is 4.79 Å². The quantitative estimate of drug-likeness (QED) is 0.869. The summed E-state index contributed by atoms with van der Waals surface area (Å²) in [6, 6.07) is 7.80. The van der Waals surface area contributed by atoms with E-state index in [4.69, 9.17) is 9.47 Å². The molecule has 0 aromatic heterocycles. The number of hydrogen-bond acceptors (Lipinski definition) is 4. The summed E-state index contributed by atoms with van der Waals surface area (Å²) in [4.78, 5) is 13.7. The third-order valence-electron chi connectivity index (χ3n) is 3.98. The van der Waals surface area contributed by atoms with Crippen LogP contribution in [0.1, 0.15) is 18.4 Å². The number of benzene rings is 1. The zero-order valence-electron chi connectivity index (χ0n) is 12.7. The van der Waals surface area contributed by atoms with Crippen LogP contribution in [0, 0.1) is 5.41 Å². The molecule has 1 heterocycles. The molecule has 5 nitrogen and oxygen atoms in total. The number of carboxylic acid groups (broad SMARTS) is 1. The van der Waals surface area contributed by atoms with Crippen LogP contribution >= 0.6 is 0 Å². The Morgan fingerprint density at radius 2 is 2.24 bits per heavy atom. The molecule has 116 valence electrons. The molecule has 1 aliphatic rings. The molecule has 0 amide bonds. The van der Waals surface area contributed by atoms with Crippen LogP contribution in [0.3, 0.4) is 0 Å². The second kappa shape index (κ2) is 6.91. The van der Waals surface area contributed by atoms with Gasteiger partial charge < -0.3 is 19.5 Å². The van der Waals surface area contributed by atoms with Gasteiger partial charge in [-0.25, -0.2) is 0 Å². The molecule has 0 saturated carbocycles. The van der Waals surface area contributed by atoms with Gasteiger partial charge in [0.15, 0.2) is 0 Å². The molecule has 1 N–H and O–H groups in total. The van der Waals surface area contributed by atoms with E-state index in [1.807, 2.05) is 36.2 Å². The molecule has 1 aromatic carbocycles. The fourth-order valence-electron chi connectivity index (χ4n) is 2.91. The Balaban J connectivity index is 2.05. The fourth-order valence-corrected chi connectivity index (χ4v) is 2.91. The van der Waals surface area contributed by atoms with Crippen molar-refractivity contribution in [1.29, 1.82) is 0 Å². The van der Waals surface area contributed by atoms with Crippen molar-refractivity contribution in [2.75, 3.05) is 33.9 Å². The van der Waals surface area contributed by atoms with Crippen molar-refractivity contribution in [3.63, 3.8) is 0 Å². The van der Waals surface area contributed by atoms with Crippen molar-refractivity contribution in [3.8, 4) is 5.75 Å². The van der Waals surface area contributed by atoms with E-state index in [0.717, 1.165) is 17.7 Å². The van der Waals surface area contributed by atoms with Crippen LogP contribution in [0.15, 0.2) is 24.3 Å². The minimum Gasteiger partial charge on any atom is -0.496 e. The van der Waals surface area contributed by atoms with E-state index in [-0.39, 0.29) is 0 Å². The van der Waals surface area contributed by atoms with E-state index in [1.54, 1.807) is 7.11 Å². The smallest absolute Gasteiger partial charge is 0.313 e. The Morgan fingerprint density at radius 1 is 1.48 bits per heavy atom. The summed E-state index contributed by atoms with van der Waals surface area (Å²) in [5.41, 5.74) is 0.259. The summed E-state index contributed by atoms with van der Waals surface area (Å²) in [6.07, 6.45) is 1.47. The van der Waals surface area contributed by atoms with E-state index in [9.17, 15) is 9.90 Å². The number of hydrogen-bond donors (Lipinski definition) is 1. The van der Waals surface area contributed by atoms with Gasteiger partial charge in [-0.1, -0.05) is 18.2 Å². The number of carboxylic acids is 1. The Bertz CT molecular complexity index is 483. The highest BCUT2D eigenvalue weighted by atomic mass is 16.5. The van der Waals surface area contributed by atoms with Crippen molar-refractivity contribution >= 4 is 5.97 Å². The molecule has 1 unspecified atom stereocenters. The summed E-state index contributed by atoms with van der Waals surface area (Å²) >= 11 is 0. The lowest BCUT2D eigenvalue weighted by Gasteiger charge is -2.36. The predicted molar refractivity (Wildman–Crippen MR) is 79.4 cm³/mol. The van der Waals surface area contributed by atoms with E-state index in [1.165, 1.54) is 0 Å². The highest BCUT2D eigenvalue weighted by Gasteiger charge is 2.41. The van der Waals surface area contributed by atoms with Gasteiger partial charge in [-0.2, -0.15) is 0 Å². The maximum Gasteiger partial charge on any atom is 0.313 e. The SMILES string of the molecule is COc1ccccc1CN(C)CC1(C(=O)O)CCCOC1. The first-order chi connectivity index (χ1) is 10.1. The third-order valence-corrected chi connectivity index (χ3v) is 3.98. The van der Waals surface area contributed by atoms with Crippen molar-refractivity contribution in [2.24, 2.45) is 5.41 Å². The van der Waals surface area contributed by atoms with Crippen molar-refractivity contribution < 1.29 is 19.4 Å². The molecule has 0 bridgehead atoms. The largest absolute Gasteiger partial charge is 0.496 e. The third kappa shape index (κ3) is 3.74. The average molecular weight is 293 g/mol. The number of carbonyl (C=O) groups is 1. The maximum atomic E-state index is 11.7. The fraction of sp³-hybridized carbons (Fsp3) is 0.562. The highest BCUT2D eigenvalue weighted by Crippen LogP contribution is 2.30. The zero-order valence-corrected chi connectivity index (χ0v) is 12.7. The number of para-hydroxylation sites is 1. The van der Waals surface area contributed by atoms with Gasteiger partial charge in [0.25, 0.3) is 0 Å². The Morgan fingerprint density at radius 3 is 2.86 bits per heavy atom. The summed E-state index contributed by atoms with van der Waals surface area (Å²) in [7, 11) is 3.58. The summed E-state index contributed by atoms with van der Waals surface area (Å²) in [5.74, 6) is 0.0581. The first-order valence-corrected chi connectivity index (χ1v) is 7.19. The van der Waals surface area contributed by atoms with Crippen LogP contribution in [0.2, 0.25) is 0 Å². The molecule has 0 spiro atoms. The first-order valence-electron chi connectivity index (χ1n) is 7.19. The molecule has 0 radical (unpaired) electrons. The molecule has 21 heavy (non-hydrogen) atoms. The highest BCUT2D eigenvalue weighted by molar-refractivity contribution is 5.75. The van der Waals surface area contributed by atoms with Crippen LogP contribution in [0.25, 0.3) is 0 Å². The molecular weight excluding hydrogens is 270 g/mol. The van der Waals surface area contributed by atoms with Gasteiger partial charge in [0.1, 0.15) is 11.2 Å². The Kier molecular flexibility index (Phi) is 5.20. The van der Waals surface area contributed by atoms with Gasteiger partial charge in [0.05, 0.1) is 13.7 Å². The minimum atomic E-state index is -0.797. The van der Waals surface area contributed by atoms with Crippen molar-refractivity contribution in [1.82, 2.24) is 4.90 Å². The van der Waals surface area contributed by atoms with Crippen LogP contribution < -0.4 is 4.74 Å². The lowest BCUT2D eigenvalue weighted by atomic mass is 9.82. The summed E-state index contributed by atoms with van der Waals surface area (Å²) in [6.45, 7) is 2.07. The van der Waals surface area contributed by atoms with Gasteiger partial charge in [-0.05, 0) is 26.0 Å². The number of methoxy groups -OCH3 is 1. The van der Waals surface area contributed by atoms with E-state index in [0.29, 0.717) is 32.7 Å². The Labute approximate surface area is 125 Å². The predicted octanol–water partition coefficient (Wildman–Crippen LogP) is 2.01. The lowest BCUT2D eigenvalue weighted by molar-refractivity contribution is -0.159. The summed E-state index contributed by atoms with van der Waals surface area (Å²) < 4.78 is 10.8. The second-order valence-corrected chi connectivity index (χ2v) is 5.73. The molecule has 2 rings (SSSR count). The standard InChI is InChI=1S/C16H23NO4/c1-17(10-13-6-3-4-7-14(13)20-2)11-16(15(18)19)8-5-9-21-12-16/h3-4,6-7H,5,8-12H2,1-2H3,(H,18,19). The molecule has 1 aliphatic heterocycles. The maximum absolute atomic E-state index is 11.7. The molecule has 1 aromatic rings. The number of ether oxygens (including phenoxy) is 2. The van der Waals surface area contributed by atoms with Crippen LogP contribution in [-0.4, -0.2) is 49.9 Å². The van der Waals surface area contributed by atoms with Crippen molar-refractivity contribution in [3.05, 3.63) is 29.8 Å². The average Bonchev–Trinajstić information content (AvgIpc) is 2.48. The first kappa shape index (κ1) is 15.8. The monoisotopic (exact) mass is 293 g/mol. The van der Waals surface area contributed by atoms with E-state index in [2.05, 4.69) is 0 Å². The molecule has 1 atom stereocenters. The van der Waals surface area contributed by atoms with Gasteiger partial charge >= 0.3 is 5.97 Å². The van der Waals surface area contributed by atoms with E-state index < -0.39 is 11.4 Å². The van der Waals surface area contributed by atoms with Crippen LogP contribution in [-0.2, 0) is 16.1 Å². The number of aliphatic carboxylic acids is 1. The molecule has 5 heteroatoms. The second-order valence-electron chi connectivity index (χ2n) is 5.73. The van der Waals surface area contributed by atoms with Gasteiger partial charge in [0.2, 0.25) is 0 Å². The van der Waals surface area contributed by atoms with Crippen LogP contribution in [0.5, 0.6) is 5.75 Å². The van der Waals surface area contributed by atoms with Gasteiger partial charge in [0, 0.05) is 25.3 Å². The Hall–Kier alpha value is -1.59. The van der Waals surface area contributed by atoms with E-state index >= 15 is 0 Å². The molecule has 0 aliphatic carbocycles. The molecule has 1 saturated heterocycles. The summed E-state index contributed by atoms with van der Waals surface area (Å²) in [5, 5.41) is 9.57. The van der Waals surface area contributed by atoms with Crippen LogP contribution in [0.4, 0.5) is 0 Å². The molecular formula is C16H23NO4. The lowest BCUT2D eigenvalue weighted by Crippen LogP contribution is -2.47.